The van der Waals surface area contributed by atoms with E-state index in [1.807, 2.05) is 57.2 Å². The molecule has 0 aliphatic carbocycles. The number of amides is 4. The highest BCUT2D eigenvalue weighted by Gasteiger charge is 2.35. The molecule has 11 rings (SSSR count). The van der Waals surface area contributed by atoms with Crippen molar-refractivity contribution in [3.05, 3.63) is 234 Å². The number of carbonyl (C=O) groups excluding carboxylic acids is 4. The molecule has 3 fully saturated rings. The number of anilines is 4. The normalized spacial score (nSPS) is 18.2. The summed E-state index contributed by atoms with van der Waals surface area (Å²) in [6.45, 7) is 11.6. The predicted octanol–water partition coefficient (Wildman–Crippen LogP) is 14.4. The van der Waals surface area contributed by atoms with E-state index in [2.05, 4.69) is 98.8 Å². The molecule has 0 aromatic heterocycles. The van der Waals surface area contributed by atoms with Crippen molar-refractivity contribution in [1.29, 1.82) is 0 Å². The van der Waals surface area contributed by atoms with Crippen molar-refractivity contribution in [3.63, 3.8) is 0 Å². The molecule has 0 bridgehead atoms. The van der Waals surface area contributed by atoms with E-state index in [4.69, 9.17) is 9.84 Å². The number of nitrogens with zero attached hydrogens (tertiary/aromatic N) is 4. The molecule has 22 nitrogen and oxygen atoms in total. The molecule has 8 aromatic carbocycles. The van der Waals surface area contributed by atoms with Crippen LogP contribution in [0.25, 0.3) is 0 Å². The Balaban J connectivity index is 0.000000176. The van der Waals surface area contributed by atoms with Crippen LogP contribution < -0.4 is 21.3 Å². The van der Waals surface area contributed by atoms with Gasteiger partial charge in [-0.2, -0.15) is 17.2 Å². The first kappa shape index (κ1) is 82.8. The van der Waals surface area contributed by atoms with Gasteiger partial charge in [-0.05, 0) is 197 Å². The highest BCUT2D eigenvalue weighted by atomic mass is 79.9. The van der Waals surface area contributed by atoms with E-state index in [0.717, 1.165) is 47.9 Å². The first-order chi connectivity index (χ1) is 49.2. The zero-order chi connectivity index (χ0) is 75.7. The number of hydrogen-bond donors (Lipinski definition) is 5. The lowest BCUT2D eigenvalue weighted by Gasteiger charge is -2.34. The monoisotopic (exact) mass is 1750 g/mol. The number of benzene rings is 8. The summed E-state index contributed by atoms with van der Waals surface area (Å²) >= 11 is 13.4. The number of morpholine rings is 1. The maximum absolute atomic E-state index is 13.0. The number of carbonyl (C=O) groups is 4. The number of ether oxygens (including phenoxy) is 1. The number of likely N-dealkylation sites (N-methyl/N-ethyl adjacent to an activating group) is 1. The first-order valence-corrected chi connectivity index (χ1v) is 42.1. The van der Waals surface area contributed by atoms with Crippen LogP contribution >= 0.6 is 63.7 Å². The quantitative estimate of drug-likeness (QED) is 0.0534. The number of aliphatic hydroxyl groups is 1. The summed E-state index contributed by atoms with van der Waals surface area (Å²) in [6, 6.07) is 53.1. The van der Waals surface area contributed by atoms with Gasteiger partial charge in [0.15, 0.2) is 0 Å². The topological polar surface area (TPSA) is 295 Å². The minimum absolute atomic E-state index is 0.000317. The Morgan fingerprint density at radius 2 is 0.760 bits per heavy atom. The van der Waals surface area contributed by atoms with Gasteiger partial charge in [0.25, 0.3) is 23.6 Å². The molecule has 3 aliphatic rings. The second kappa shape index (κ2) is 37.6. The molecule has 0 spiro atoms. The lowest BCUT2D eigenvalue weighted by atomic mass is 9.94. The number of hydrogen-bond acceptors (Lipinski definition) is 14. The smallest absolute Gasteiger partial charge is 0.255 e. The third kappa shape index (κ3) is 23.1. The van der Waals surface area contributed by atoms with Crippen LogP contribution in [0.5, 0.6) is 0 Å². The average molecular weight is 1760 g/mol. The van der Waals surface area contributed by atoms with Crippen molar-refractivity contribution in [3.8, 4) is 0 Å². The highest BCUT2D eigenvalue weighted by Crippen LogP contribution is 2.31. The fourth-order valence-corrected chi connectivity index (χ4v) is 19.6. The molecular formula is C74H82Br4N8O14S4. The van der Waals surface area contributed by atoms with Crippen LogP contribution in [0.4, 0.5) is 22.7 Å². The molecule has 0 radical (unpaired) electrons. The van der Waals surface area contributed by atoms with Gasteiger partial charge in [-0.15, -0.1) is 0 Å². The number of nitrogens with one attached hydrogen (secondary N) is 4. The van der Waals surface area contributed by atoms with Crippen molar-refractivity contribution in [2.45, 2.75) is 98.1 Å². The van der Waals surface area contributed by atoms with E-state index < -0.39 is 46.0 Å². The zero-order valence-corrected chi connectivity index (χ0v) is 67.4. The summed E-state index contributed by atoms with van der Waals surface area (Å²) in [6.07, 6.45) is 3.45. The summed E-state index contributed by atoms with van der Waals surface area (Å²) in [5.41, 5.74) is 3.64. The minimum atomic E-state index is -3.75. The van der Waals surface area contributed by atoms with Crippen molar-refractivity contribution in [1.82, 2.24) is 17.2 Å². The molecule has 3 aliphatic heterocycles. The van der Waals surface area contributed by atoms with Gasteiger partial charge in [0.05, 0.1) is 38.4 Å². The third-order valence-electron chi connectivity index (χ3n) is 16.7. The van der Waals surface area contributed by atoms with Crippen molar-refractivity contribution >= 4 is 150 Å². The van der Waals surface area contributed by atoms with Crippen LogP contribution in [0.3, 0.4) is 0 Å². The largest absolute Gasteiger partial charge is 0.395 e. The lowest BCUT2D eigenvalue weighted by molar-refractivity contribution is -0.0440. The van der Waals surface area contributed by atoms with Crippen LogP contribution in [-0.2, 0) is 44.8 Å². The molecule has 104 heavy (non-hydrogen) atoms. The fraction of sp³-hybridized carbons (Fsp3) is 0.297. The Hall–Kier alpha value is -6.88. The van der Waals surface area contributed by atoms with Crippen LogP contribution in [0, 0.1) is 11.8 Å². The molecule has 8 aromatic rings. The third-order valence-corrected chi connectivity index (χ3v) is 26.2. The number of piperidine rings is 2. The SMILES string of the molecule is CC1CC(C)CN(S(=O)(=O)c2cccc(C(=O)Nc3cccc(Br)c3)c2)C1.CC1CCCCN1S(=O)(=O)c1cccc(C(=O)Nc2cccc(Br)c2)c1.CC1CN(S(=O)(=O)c2cccc(C(=O)Nc3cccc(Br)c3)c2)CC(C)O1.CN(CCO)S(=O)(=O)c1cccc(C(=O)Nc2cccc(Br)c2)c1. The molecule has 0 saturated carbocycles. The Kier molecular flexibility index (Phi) is 29.9. The average Bonchev–Trinajstić information content (AvgIpc) is 0.803. The minimum Gasteiger partial charge on any atom is -0.395 e. The maximum Gasteiger partial charge on any atom is 0.255 e. The Labute approximate surface area is 643 Å². The molecule has 5 unspecified atom stereocenters. The van der Waals surface area contributed by atoms with Gasteiger partial charge in [0.2, 0.25) is 40.1 Å². The van der Waals surface area contributed by atoms with Gasteiger partial charge in [0.1, 0.15) is 0 Å². The number of halogens is 4. The Morgan fingerprint density at radius 3 is 1.10 bits per heavy atom. The van der Waals surface area contributed by atoms with Crippen LogP contribution in [0.1, 0.15) is 102 Å². The van der Waals surface area contributed by atoms with E-state index in [9.17, 15) is 52.8 Å². The van der Waals surface area contributed by atoms with Gasteiger partial charge in [-0.3, -0.25) is 19.2 Å². The Morgan fingerprint density at radius 1 is 0.442 bits per heavy atom. The second-order valence-electron chi connectivity index (χ2n) is 25.3. The molecule has 3 saturated heterocycles. The van der Waals surface area contributed by atoms with Crippen LogP contribution in [-0.4, -0.2) is 151 Å². The molecule has 3 heterocycles. The van der Waals surface area contributed by atoms with E-state index >= 15 is 0 Å². The van der Waals surface area contributed by atoms with E-state index in [1.54, 1.807) is 120 Å². The lowest BCUT2D eigenvalue weighted by Crippen LogP contribution is -2.48. The number of rotatable bonds is 18. The molecule has 554 valence electrons. The van der Waals surface area contributed by atoms with Crippen LogP contribution in [0.15, 0.2) is 232 Å². The van der Waals surface area contributed by atoms with E-state index in [0.29, 0.717) is 78.4 Å². The van der Waals surface area contributed by atoms with Gasteiger partial charge < -0.3 is 31.1 Å². The molecule has 4 amide bonds. The summed E-state index contributed by atoms with van der Waals surface area (Å²) in [5, 5.41) is 20.0. The fourth-order valence-electron chi connectivity index (χ4n) is 11.7. The highest BCUT2D eigenvalue weighted by molar-refractivity contribution is 9.11. The Bertz CT molecular complexity index is 4680. The summed E-state index contributed by atoms with van der Waals surface area (Å²) in [5.74, 6) is -0.806. The van der Waals surface area contributed by atoms with Crippen molar-refractivity contribution in [2.24, 2.45) is 11.8 Å². The molecule has 5 atom stereocenters. The van der Waals surface area contributed by atoms with Gasteiger partial charge >= 0.3 is 0 Å². The van der Waals surface area contributed by atoms with Crippen LogP contribution in [0.2, 0.25) is 0 Å². The van der Waals surface area contributed by atoms with Gasteiger partial charge in [0, 0.05) is 115 Å². The maximum atomic E-state index is 13.0. The zero-order valence-electron chi connectivity index (χ0n) is 57.8. The molecule has 30 heteroatoms. The van der Waals surface area contributed by atoms with Gasteiger partial charge in [-0.25, -0.2) is 33.7 Å². The molecule has 5 N–H and O–H groups in total. The summed E-state index contributed by atoms with van der Waals surface area (Å²) in [4.78, 5) is 50.3. The summed E-state index contributed by atoms with van der Waals surface area (Å²) < 4.78 is 117. The van der Waals surface area contributed by atoms with E-state index in [1.165, 1.54) is 58.1 Å². The summed E-state index contributed by atoms with van der Waals surface area (Å²) in [7, 11) is -13.3. The van der Waals surface area contributed by atoms with Crippen molar-refractivity contribution in [2.75, 3.05) is 74.2 Å². The predicted molar refractivity (Wildman–Crippen MR) is 419 cm³/mol. The van der Waals surface area contributed by atoms with Gasteiger partial charge in [-0.1, -0.05) is 133 Å². The van der Waals surface area contributed by atoms with Crippen molar-refractivity contribution < 1.29 is 62.7 Å². The first-order valence-electron chi connectivity index (χ1n) is 33.2. The van der Waals surface area contributed by atoms with E-state index in [-0.39, 0.29) is 79.8 Å². The number of aliphatic hydroxyl groups excluding tert-OH is 1. The standard InChI is InChI=1S/C20H23BrN2O3S.C19H21BrN2O4S.C19H21BrN2O3S.C16H17BrN2O4S/c1-14-9-15(2)13-23(12-14)27(25,26)19-8-3-5-16(10-19)20(24)22-18-7-4-6-17(21)11-18;1-13-11-22(12-14(2)26-13)27(24,25)18-8-3-5-15(9-18)19(23)21-17-7-4-6-16(20)10-17;1-14-6-2-3-11-22(14)26(24,25)18-10-4-7-15(12-18)19(23)21-17-9-5-8-16(20)13-17;1-19(8-9-20)24(22,23)15-7-2-4-12(10-15)16(21)18-14-6-3-5-13(17)11-14/h3-8,10-11,14-15H,9,12-13H2,1-2H3,(H,22,24);3-10,13-14H,11-12H2,1-2H3,(H,21,23);4-5,7-10,12-14H,2-3,6,11H2,1H3,(H,21,23);2-7,10-11,20H,8-9H2,1H3,(H,18,21). The second-order valence-corrected chi connectivity index (χ2v) is 36.8. The number of sulfonamides is 4. The molecular weight excluding hydrogens is 1670 g/mol.